The Labute approximate surface area is 122 Å². The zero-order chi connectivity index (χ0) is 14.4. The van der Waals surface area contributed by atoms with E-state index in [1.807, 2.05) is 31.3 Å². The maximum Gasteiger partial charge on any atom is 0.155 e. The van der Waals surface area contributed by atoms with E-state index in [9.17, 15) is 5.11 Å². The van der Waals surface area contributed by atoms with Crippen LogP contribution >= 0.6 is 0 Å². The topological polar surface area (TPSA) is 53.7 Å². The molecule has 1 aliphatic rings. The van der Waals surface area contributed by atoms with Gasteiger partial charge in [0.1, 0.15) is 11.3 Å². The normalized spacial score (nSPS) is 17.0. The van der Waals surface area contributed by atoms with E-state index in [-0.39, 0.29) is 6.10 Å². The van der Waals surface area contributed by atoms with Crippen molar-refractivity contribution in [2.45, 2.75) is 25.9 Å². The summed E-state index contributed by atoms with van der Waals surface area (Å²) in [7, 11) is 0. The SMILES string of the molecule is Cc1ncc2c(N3CCC(O)CC3)nc3ccccc3n12. The molecule has 0 saturated carbocycles. The molecule has 0 aliphatic carbocycles. The maximum atomic E-state index is 9.70. The van der Waals surface area contributed by atoms with E-state index >= 15 is 0 Å². The highest BCUT2D eigenvalue weighted by atomic mass is 16.3. The van der Waals surface area contributed by atoms with E-state index in [0.717, 1.165) is 54.1 Å². The van der Waals surface area contributed by atoms with Gasteiger partial charge in [0.25, 0.3) is 0 Å². The van der Waals surface area contributed by atoms with Crippen molar-refractivity contribution in [1.82, 2.24) is 14.4 Å². The molecule has 3 heterocycles. The molecule has 0 unspecified atom stereocenters. The van der Waals surface area contributed by atoms with Crippen molar-refractivity contribution >= 4 is 22.4 Å². The van der Waals surface area contributed by atoms with E-state index in [4.69, 9.17) is 4.98 Å². The monoisotopic (exact) mass is 282 g/mol. The first-order valence-electron chi connectivity index (χ1n) is 7.40. The van der Waals surface area contributed by atoms with Crippen molar-refractivity contribution in [3.63, 3.8) is 0 Å². The van der Waals surface area contributed by atoms with Gasteiger partial charge in [-0.1, -0.05) is 12.1 Å². The molecule has 1 N–H and O–H groups in total. The highest BCUT2D eigenvalue weighted by Crippen LogP contribution is 2.27. The predicted octanol–water partition coefficient (Wildman–Crippen LogP) is 2.15. The second-order valence-electron chi connectivity index (χ2n) is 5.67. The molecule has 5 nitrogen and oxygen atoms in total. The van der Waals surface area contributed by atoms with Crippen LogP contribution in [0.3, 0.4) is 0 Å². The average molecular weight is 282 g/mol. The minimum Gasteiger partial charge on any atom is -0.393 e. The Morgan fingerprint density at radius 1 is 1.14 bits per heavy atom. The largest absolute Gasteiger partial charge is 0.393 e. The van der Waals surface area contributed by atoms with Gasteiger partial charge in [0.15, 0.2) is 5.82 Å². The summed E-state index contributed by atoms with van der Waals surface area (Å²) in [5.74, 6) is 1.95. The van der Waals surface area contributed by atoms with Crippen molar-refractivity contribution in [3.05, 3.63) is 36.3 Å². The molecular formula is C16H18N4O. The quantitative estimate of drug-likeness (QED) is 0.743. The number of hydrogen-bond acceptors (Lipinski definition) is 4. The van der Waals surface area contributed by atoms with Crippen molar-refractivity contribution in [2.24, 2.45) is 0 Å². The van der Waals surface area contributed by atoms with E-state index in [0.29, 0.717) is 0 Å². The van der Waals surface area contributed by atoms with Gasteiger partial charge in [-0.25, -0.2) is 9.97 Å². The van der Waals surface area contributed by atoms with Gasteiger partial charge in [0.05, 0.1) is 23.3 Å². The third-order valence-corrected chi connectivity index (χ3v) is 4.28. The summed E-state index contributed by atoms with van der Waals surface area (Å²) in [4.78, 5) is 11.6. The Morgan fingerprint density at radius 2 is 1.90 bits per heavy atom. The number of para-hydroxylation sites is 2. The lowest BCUT2D eigenvalue weighted by atomic mass is 10.1. The first kappa shape index (κ1) is 12.6. The number of nitrogens with zero attached hydrogens (tertiary/aromatic N) is 4. The molecule has 0 atom stereocenters. The molecule has 2 aromatic heterocycles. The first-order valence-corrected chi connectivity index (χ1v) is 7.40. The summed E-state index contributed by atoms with van der Waals surface area (Å²) < 4.78 is 2.17. The van der Waals surface area contributed by atoms with Crippen LogP contribution in [-0.2, 0) is 0 Å². The van der Waals surface area contributed by atoms with Gasteiger partial charge in [-0.15, -0.1) is 0 Å². The number of benzene rings is 1. The van der Waals surface area contributed by atoms with Crippen LogP contribution in [0.2, 0.25) is 0 Å². The van der Waals surface area contributed by atoms with Gasteiger partial charge in [-0.3, -0.25) is 4.40 Å². The van der Waals surface area contributed by atoms with Gasteiger partial charge in [0, 0.05) is 13.1 Å². The third kappa shape index (κ3) is 1.96. The Hall–Kier alpha value is -2.14. The zero-order valence-corrected chi connectivity index (χ0v) is 12.0. The van der Waals surface area contributed by atoms with E-state index in [1.165, 1.54) is 0 Å². The standard InChI is InChI=1S/C16H18N4O/c1-11-17-10-15-16(19-8-6-12(21)7-9-19)18-13-4-2-3-5-14(13)20(11)15/h2-5,10,12,21H,6-9H2,1H3. The Bertz CT molecular complexity index is 802. The molecule has 4 rings (SSSR count). The van der Waals surface area contributed by atoms with Crippen LogP contribution in [0.1, 0.15) is 18.7 Å². The molecule has 5 heteroatoms. The van der Waals surface area contributed by atoms with Crippen LogP contribution in [0.5, 0.6) is 0 Å². The molecule has 108 valence electrons. The van der Waals surface area contributed by atoms with Crippen LogP contribution < -0.4 is 4.90 Å². The average Bonchev–Trinajstić information content (AvgIpc) is 2.90. The lowest BCUT2D eigenvalue weighted by Crippen LogP contribution is -2.36. The fraction of sp³-hybridized carbons (Fsp3) is 0.375. The summed E-state index contributed by atoms with van der Waals surface area (Å²) in [6.45, 7) is 3.70. The van der Waals surface area contributed by atoms with Crippen LogP contribution in [0.15, 0.2) is 30.5 Å². The molecule has 0 spiro atoms. The van der Waals surface area contributed by atoms with Gasteiger partial charge in [-0.2, -0.15) is 0 Å². The second kappa shape index (κ2) is 4.70. The Kier molecular flexibility index (Phi) is 2.82. The maximum absolute atomic E-state index is 9.70. The van der Waals surface area contributed by atoms with Crippen LogP contribution in [-0.4, -0.2) is 38.7 Å². The van der Waals surface area contributed by atoms with E-state index in [1.54, 1.807) is 0 Å². The number of hydrogen-bond donors (Lipinski definition) is 1. The third-order valence-electron chi connectivity index (χ3n) is 4.28. The number of imidazole rings is 1. The lowest BCUT2D eigenvalue weighted by Gasteiger charge is -2.31. The van der Waals surface area contributed by atoms with Crippen molar-refractivity contribution in [2.75, 3.05) is 18.0 Å². The Balaban J connectivity index is 1.95. The molecule has 1 fully saturated rings. The molecule has 1 aromatic carbocycles. The van der Waals surface area contributed by atoms with Crippen LogP contribution in [0.25, 0.3) is 16.6 Å². The number of aryl methyl sites for hydroxylation is 1. The van der Waals surface area contributed by atoms with Gasteiger partial charge < -0.3 is 10.0 Å². The number of fused-ring (bicyclic) bond motifs is 3. The molecule has 1 saturated heterocycles. The number of aromatic nitrogens is 3. The fourth-order valence-corrected chi connectivity index (χ4v) is 3.14. The summed E-state index contributed by atoms with van der Waals surface area (Å²) in [6, 6.07) is 8.15. The van der Waals surface area contributed by atoms with Gasteiger partial charge in [0.2, 0.25) is 0 Å². The van der Waals surface area contributed by atoms with Crippen molar-refractivity contribution < 1.29 is 5.11 Å². The lowest BCUT2D eigenvalue weighted by molar-refractivity contribution is 0.145. The molecule has 0 bridgehead atoms. The number of aliphatic hydroxyl groups excluding tert-OH is 1. The van der Waals surface area contributed by atoms with E-state index < -0.39 is 0 Å². The fourth-order valence-electron chi connectivity index (χ4n) is 3.14. The summed E-state index contributed by atoms with van der Waals surface area (Å²) in [5, 5.41) is 9.70. The highest BCUT2D eigenvalue weighted by molar-refractivity contribution is 5.85. The van der Waals surface area contributed by atoms with Gasteiger partial charge >= 0.3 is 0 Å². The minimum atomic E-state index is -0.177. The summed E-state index contributed by atoms with van der Waals surface area (Å²) in [6.07, 6.45) is 3.32. The minimum absolute atomic E-state index is 0.177. The molecule has 0 radical (unpaired) electrons. The van der Waals surface area contributed by atoms with Crippen LogP contribution in [0, 0.1) is 6.92 Å². The zero-order valence-electron chi connectivity index (χ0n) is 12.0. The summed E-state index contributed by atoms with van der Waals surface area (Å²) in [5.41, 5.74) is 3.11. The smallest absolute Gasteiger partial charge is 0.155 e. The second-order valence-corrected chi connectivity index (χ2v) is 5.67. The van der Waals surface area contributed by atoms with Crippen LogP contribution in [0.4, 0.5) is 5.82 Å². The number of piperidine rings is 1. The molecule has 1 aliphatic heterocycles. The predicted molar refractivity (Wildman–Crippen MR) is 82.7 cm³/mol. The first-order chi connectivity index (χ1) is 10.2. The van der Waals surface area contributed by atoms with Gasteiger partial charge in [-0.05, 0) is 31.9 Å². The van der Waals surface area contributed by atoms with Crippen molar-refractivity contribution in [1.29, 1.82) is 0 Å². The molecule has 21 heavy (non-hydrogen) atoms. The molecule has 3 aromatic rings. The number of anilines is 1. The van der Waals surface area contributed by atoms with E-state index in [2.05, 4.69) is 20.4 Å². The Morgan fingerprint density at radius 3 is 2.71 bits per heavy atom. The van der Waals surface area contributed by atoms with Crippen molar-refractivity contribution in [3.8, 4) is 0 Å². The number of aliphatic hydroxyl groups is 1. The molecular weight excluding hydrogens is 264 g/mol. The summed E-state index contributed by atoms with van der Waals surface area (Å²) >= 11 is 0. The number of rotatable bonds is 1. The molecule has 0 amide bonds. The highest BCUT2D eigenvalue weighted by Gasteiger charge is 2.21.